The molecule has 3 aromatic rings. The molecule has 0 spiro atoms. The van der Waals surface area contributed by atoms with Gasteiger partial charge in [-0.1, -0.05) is 30.3 Å². The zero-order chi connectivity index (χ0) is 22.6. The number of anilines is 2. The first-order chi connectivity index (χ1) is 16.2. The number of carbonyl (C=O) groups excluding carboxylic acids is 1. The highest BCUT2D eigenvalue weighted by atomic mass is 16.6. The quantitative estimate of drug-likeness (QED) is 0.533. The SMILES string of the molecule is COc1ccccc1-c1ccnc(N[C@@H]2CO[C@@H]3[C@@H]2OC[C@@H]3NC(=O)Nc2ccccc2)n1. The molecular formula is C24H25N5O4. The molecule has 2 amide bonds. The third-order valence-electron chi connectivity index (χ3n) is 5.75. The average molecular weight is 447 g/mol. The molecule has 0 unspecified atom stereocenters. The van der Waals surface area contributed by atoms with Crippen LogP contribution in [0, 0.1) is 0 Å². The minimum absolute atomic E-state index is 0.132. The maximum Gasteiger partial charge on any atom is 0.319 e. The Balaban J connectivity index is 1.22. The van der Waals surface area contributed by atoms with E-state index in [0.29, 0.717) is 19.2 Å². The van der Waals surface area contributed by atoms with Gasteiger partial charge < -0.3 is 30.2 Å². The number of rotatable bonds is 6. The van der Waals surface area contributed by atoms with Gasteiger partial charge in [0, 0.05) is 17.4 Å². The molecule has 3 heterocycles. The summed E-state index contributed by atoms with van der Waals surface area (Å²) < 4.78 is 17.4. The van der Waals surface area contributed by atoms with Crippen LogP contribution in [0.5, 0.6) is 5.75 Å². The molecule has 2 aliphatic heterocycles. The molecule has 2 aromatic carbocycles. The Morgan fingerprint density at radius 1 is 0.970 bits per heavy atom. The second-order valence-electron chi connectivity index (χ2n) is 7.88. The van der Waals surface area contributed by atoms with Crippen molar-refractivity contribution in [1.29, 1.82) is 0 Å². The van der Waals surface area contributed by atoms with Gasteiger partial charge in [0.1, 0.15) is 18.0 Å². The van der Waals surface area contributed by atoms with Crippen molar-refractivity contribution >= 4 is 17.7 Å². The molecule has 2 aliphatic rings. The zero-order valence-corrected chi connectivity index (χ0v) is 18.1. The van der Waals surface area contributed by atoms with Crippen molar-refractivity contribution < 1.29 is 19.0 Å². The Bertz CT molecular complexity index is 1110. The molecular weight excluding hydrogens is 422 g/mol. The summed E-state index contributed by atoms with van der Waals surface area (Å²) in [5.41, 5.74) is 2.37. The maximum absolute atomic E-state index is 12.4. The first-order valence-corrected chi connectivity index (χ1v) is 10.8. The van der Waals surface area contributed by atoms with Gasteiger partial charge in [0.25, 0.3) is 0 Å². The Morgan fingerprint density at radius 2 is 1.70 bits per heavy atom. The first kappa shape index (κ1) is 21.2. The highest BCUT2D eigenvalue weighted by Gasteiger charge is 2.48. The van der Waals surface area contributed by atoms with E-state index in [1.807, 2.05) is 60.7 Å². The topological polar surface area (TPSA) is 107 Å². The number of carbonyl (C=O) groups is 1. The molecule has 1 aromatic heterocycles. The first-order valence-electron chi connectivity index (χ1n) is 10.8. The number of amides is 2. The predicted octanol–water partition coefficient (Wildman–Crippen LogP) is 2.92. The molecule has 0 saturated carbocycles. The standard InChI is InChI=1S/C24H25N5O4/c1-31-20-10-6-5-9-16(20)17-11-12-25-23(27-17)28-18-13-32-22-19(14-33-21(18)22)29-24(30)26-15-7-3-2-4-8-15/h2-12,18-19,21-22H,13-14H2,1H3,(H,25,27,28)(H2,26,29,30)/t18-,19+,21-,22+/m1/s1. The molecule has 9 heteroatoms. The lowest BCUT2D eigenvalue weighted by Crippen LogP contribution is -2.46. The summed E-state index contributed by atoms with van der Waals surface area (Å²) >= 11 is 0. The fourth-order valence-corrected chi connectivity index (χ4v) is 4.20. The van der Waals surface area contributed by atoms with Gasteiger partial charge >= 0.3 is 6.03 Å². The lowest BCUT2D eigenvalue weighted by atomic mass is 10.1. The van der Waals surface area contributed by atoms with Crippen molar-refractivity contribution in [2.45, 2.75) is 24.3 Å². The molecule has 0 bridgehead atoms. The number of urea groups is 1. The third kappa shape index (κ3) is 4.59. The largest absolute Gasteiger partial charge is 0.496 e. The second-order valence-corrected chi connectivity index (χ2v) is 7.88. The fourth-order valence-electron chi connectivity index (χ4n) is 4.20. The number of hydrogen-bond acceptors (Lipinski definition) is 7. The molecule has 4 atom stereocenters. The van der Waals surface area contributed by atoms with Crippen LogP contribution in [0.25, 0.3) is 11.3 Å². The van der Waals surface area contributed by atoms with Gasteiger partial charge in [-0.25, -0.2) is 14.8 Å². The van der Waals surface area contributed by atoms with Gasteiger partial charge in [-0.3, -0.25) is 0 Å². The molecule has 33 heavy (non-hydrogen) atoms. The number of methoxy groups -OCH3 is 1. The van der Waals surface area contributed by atoms with Gasteiger partial charge in [0.2, 0.25) is 5.95 Å². The van der Waals surface area contributed by atoms with Gasteiger partial charge in [0.15, 0.2) is 0 Å². The monoisotopic (exact) mass is 447 g/mol. The van der Waals surface area contributed by atoms with Crippen molar-refractivity contribution in [3.63, 3.8) is 0 Å². The number of aromatic nitrogens is 2. The maximum atomic E-state index is 12.4. The highest BCUT2D eigenvalue weighted by Crippen LogP contribution is 2.31. The van der Waals surface area contributed by atoms with Crippen LogP contribution in [-0.2, 0) is 9.47 Å². The van der Waals surface area contributed by atoms with Gasteiger partial charge in [0.05, 0.1) is 38.1 Å². The Labute approximate surface area is 191 Å². The van der Waals surface area contributed by atoms with E-state index >= 15 is 0 Å². The van der Waals surface area contributed by atoms with Crippen LogP contribution in [-0.4, -0.2) is 60.6 Å². The van der Waals surface area contributed by atoms with Crippen LogP contribution in [0.1, 0.15) is 0 Å². The summed E-state index contributed by atoms with van der Waals surface area (Å²) in [6.45, 7) is 0.800. The van der Waals surface area contributed by atoms with E-state index in [2.05, 4.69) is 25.9 Å². The second kappa shape index (κ2) is 9.43. The number of hydrogen-bond donors (Lipinski definition) is 3. The van der Waals surface area contributed by atoms with Crippen molar-refractivity contribution in [2.75, 3.05) is 31.0 Å². The van der Waals surface area contributed by atoms with E-state index < -0.39 is 0 Å². The highest BCUT2D eigenvalue weighted by molar-refractivity contribution is 5.89. The number of benzene rings is 2. The minimum atomic E-state index is -0.289. The molecule has 2 saturated heterocycles. The van der Waals surface area contributed by atoms with Gasteiger partial charge in [-0.2, -0.15) is 0 Å². The fraction of sp³-hybridized carbons (Fsp3) is 0.292. The summed E-state index contributed by atoms with van der Waals surface area (Å²) in [6, 6.07) is 18.2. The lowest BCUT2D eigenvalue weighted by molar-refractivity contribution is 0.0683. The molecule has 2 fully saturated rings. The van der Waals surface area contributed by atoms with E-state index in [1.54, 1.807) is 13.3 Å². The molecule has 5 rings (SSSR count). The number of para-hydroxylation sites is 2. The summed E-state index contributed by atoms with van der Waals surface area (Å²) in [5, 5.41) is 9.11. The molecule has 170 valence electrons. The number of nitrogens with zero attached hydrogens (tertiary/aromatic N) is 2. The summed E-state index contributed by atoms with van der Waals surface area (Å²) in [5.74, 6) is 1.22. The van der Waals surface area contributed by atoms with E-state index in [4.69, 9.17) is 14.2 Å². The van der Waals surface area contributed by atoms with Crippen LogP contribution in [0.3, 0.4) is 0 Å². The Morgan fingerprint density at radius 3 is 2.52 bits per heavy atom. The minimum Gasteiger partial charge on any atom is -0.496 e. The van der Waals surface area contributed by atoms with E-state index in [1.165, 1.54) is 0 Å². The normalized spacial score (nSPS) is 23.5. The predicted molar refractivity (Wildman–Crippen MR) is 123 cm³/mol. The van der Waals surface area contributed by atoms with Crippen molar-refractivity contribution in [1.82, 2.24) is 15.3 Å². The zero-order valence-electron chi connectivity index (χ0n) is 18.1. The lowest BCUT2D eigenvalue weighted by Gasteiger charge is -2.19. The summed E-state index contributed by atoms with van der Waals surface area (Å²) in [6.07, 6.45) is 1.24. The van der Waals surface area contributed by atoms with E-state index in [0.717, 1.165) is 22.7 Å². The number of fused-ring (bicyclic) bond motifs is 1. The van der Waals surface area contributed by atoms with Crippen molar-refractivity contribution in [3.8, 4) is 17.0 Å². The Kier molecular flexibility index (Phi) is 6.05. The van der Waals surface area contributed by atoms with Crippen LogP contribution in [0.4, 0.5) is 16.4 Å². The van der Waals surface area contributed by atoms with Crippen LogP contribution in [0.2, 0.25) is 0 Å². The molecule has 9 nitrogen and oxygen atoms in total. The average Bonchev–Trinajstić information content (AvgIpc) is 3.43. The smallest absolute Gasteiger partial charge is 0.319 e. The Hall–Kier alpha value is -3.69. The van der Waals surface area contributed by atoms with Crippen molar-refractivity contribution in [3.05, 3.63) is 66.9 Å². The van der Waals surface area contributed by atoms with Gasteiger partial charge in [-0.05, 0) is 30.3 Å². The summed E-state index contributed by atoms with van der Waals surface area (Å²) in [4.78, 5) is 21.4. The third-order valence-corrected chi connectivity index (χ3v) is 5.75. The van der Waals surface area contributed by atoms with Gasteiger partial charge in [-0.15, -0.1) is 0 Å². The van der Waals surface area contributed by atoms with Crippen LogP contribution >= 0.6 is 0 Å². The molecule has 3 N–H and O–H groups in total. The molecule has 0 radical (unpaired) electrons. The molecule has 0 aliphatic carbocycles. The summed E-state index contributed by atoms with van der Waals surface area (Å²) in [7, 11) is 1.64. The van der Waals surface area contributed by atoms with Crippen LogP contribution in [0.15, 0.2) is 66.9 Å². The number of ether oxygens (including phenoxy) is 3. The van der Waals surface area contributed by atoms with Crippen molar-refractivity contribution in [2.24, 2.45) is 0 Å². The van der Waals surface area contributed by atoms with E-state index in [-0.39, 0.29) is 30.3 Å². The van der Waals surface area contributed by atoms with E-state index in [9.17, 15) is 4.79 Å². The van der Waals surface area contributed by atoms with Crippen LogP contribution < -0.4 is 20.7 Å². The number of nitrogens with one attached hydrogen (secondary N) is 3.